The normalized spacial score (nSPS) is 29.3. The molecular weight excluding hydrogens is 584 g/mol. The van der Waals surface area contributed by atoms with Crippen LogP contribution in [0, 0.1) is 23.7 Å². The van der Waals surface area contributed by atoms with Gasteiger partial charge in [0, 0.05) is 10.9 Å². The number of anilines is 1. The van der Waals surface area contributed by atoms with Crippen molar-refractivity contribution in [3.05, 3.63) is 107 Å². The van der Waals surface area contributed by atoms with Gasteiger partial charge < -0.3 is 9.84 Å². The minimum atomic E-state index is -1.38. The minimum absolute atomic E-state index is 0.116. The Labute approximate surface area is 258 Å². The number of rotatable bonds is 6. The Balaban J connectivity index is 1.47. The van der Waals surface area contributed by atoms with Crippen LogP contribution in [0.5, 0.6) is 5.75 Å². The van der Waals surface area contributed by atoms with Gasteiger partial charge in [0.15, 0.2) is 0 Å². The molecule has 3 aromatic carbocycles. The Morgan fingerprint density at radius 3 is 2.34 bits per heavy atom. The fourth-order valence-corrected chi connectivity index (χ4v) is 8.21. The minimum Gasteiger partial charge on any atom is -0.491 e. The lowest BCUT2D eigenvalue weighted by molar-refractivity contribution is -0.173. The maximum Gasteiger partial charge on any atom is 0.257 e. The number of fused-ring (bicyclic) bond motifs is 4. The van der Waals surface area contributed by atoms with E-state index in [1.165, 1.54) is 4.90 Å². The lowest BCUT2D eigenvalue weighted by Crippen LogP contribution is -2.53. The third-order valence-electron chi connectivity index (χ3n) is 9.72. The molecule has 3 fully saturated rings. The van der Waals surface area contributed by atoms with Crippen LogP contribution >= 0.6 is 11.6 Å². The van der Waals surface area contributed by atoms with Crippen LogP contribution < -0.4 is 9.64 Å². The first-order chi connectivity index (χ1) is 21.3. The summed E-state index contributed by atoms with van der Waals surface area (Å²) in [5.41, 5.74) is 1.16. The average molecular weight is 613 g/mol. The van der Waals surface area contributed by atoms with E-state index in [4.69, 9.17) is 16.3 Å². The first-order valence-corrected chi connectivity index (χ1v) is 15.0. The summed E-state index contributed by atoms with van der Waals surface area (Å²) >= 11 is 6.32. The molecule has 10 heteroatoms. The molecule has 4 aliphatic rings. The molecule has 3 aromatic rings. The molecule has 9 nitrogen and oxygen atoms in total. The molecule has 2 heterocycles. The first kappa shape index (κ1) is 28.5. The molecule has 2 saturated heterocycles. The number of allylic oxidation sites excluding steroid dienone is 2. The summed E-state index contributed by atoms with van der Waals surface area (Å²) in [5.74, 6) is -5.32. The van der Waals surface area contributed by atoms with Crippen molar-refractivity contribution in [3.63, 3.8) is 0 Å². The van der Waals surface area contributed by atoms with Crippen LogP contribution in [0.2, 0.25) is 5.02 Å². The molecule has 7 rings (SSSR count). The van der Waals surface area contributed by atoms with E-state index in [0.29, 0.717) is 22.0 Å². The largest absolute Gasteiger partial charge is 0.491 e. The summed E-state index contributed by atoms with van der Waals surface area (Å²) in [6.07, 6.45) is 2.30. The van der Waals surface area contributed by atoms with Crippen LogP contribution in [0.1, 0.15) is 29.9 Å². The van der Waals surface area contributed by atoms with Crippen LogP contribution in [-0.2, 0) is 24.6 Å². The van der Waals surface area contributed by atoms with E-state index in [0.717, 1.165) is 11.1 Å². The summed E-state index contributed by atoms with van der Waals surface area (Å²) < 4.78 is 5.60. The van der Waals surface area contributed by atoms with E-state index in [1.807, 2.05) is 48.5 Å². The van der Waals surface area contributed by atoms with Crippen LogP contribution in [-0.4, -0.2) is 52.2 Å². The Morgan fingerprint density at radius 2 is 1.64 bits per heavy atom. The quantitative estimate of drug-likeness (QED) is 0.242. The molecule has 0 radical (unpaired) electrons. The standard InChI is InChI=1S/C34H29ClN2O7/c35-21-7-4-8-22(17-21)36-31(40)27-18-26-24(13-14-25-28(26)32(41)37(43)30(25)39)29(19-9-11-23(12-10-19)44-16-15-38)34(27,33(36)42)20-5-2-1-3-6-20/h1-13,17,25-29,38,43H,14-16,18H2/t25-,26+,27-,28-,29-,34+/m0/s1. The number of hydrogen-bond acceptors (Lipinski definition) is 7. The molecule has 6 atom stereocenters. The maximum absolute atomic E-state index is 15.1. The number of hydroxylamine groups is 2. The van der Waals surface area contributed by atoms with Gasteiger partial charge in [-0.05, 0) is 60.2 Å². The van der Waals surface area contributed by atoms with E-state index < -0.39 is 58.6 Å². The highest BCUT2D eigenvalue weighted by atomic mass is 35.5. The van der Waals surface area contributed by atoms with Gasteiger partial charge in [0.25, 0.3) is 11.8 Å². The zero-order chi connectivity index (χ0) is 30.7. The Kier molecular flexibility index (Phi) is 6.92. The van der Waals surface area contributed by atoms with E-state index in [9.17, 15) is 24.7 Å². The third kappa shape index (κ3) is 4.00. The van der Waals surface area contributed by atoms with Gasteiger partial charge in [0.05, 0.1) is 35.5 Å². The molecule has 224 valence electrons. The molecule has 44 heavy (non-hydrogen) atoms. The summed E-state index contributed by atoms with van der Waals surface area (Å²) in [6.45, 7) is -0.0324. The van der Waals surface area contributed by atoms with Gasteiger partial charge in [-0.3, -0.25) is 24.4 Å². The average Bonchev–Trinajstić information content (AvgIpc) is 3.41. The first-order valence-electron chi connectivity index (χ1n) is 14.6. The molecule has 4 amide bonds. The predicted molar refractivity (Wildman–Crippen MR) is 159 cm³/mol. The zero-order valence-electron chi connectivity index (χ0n) is 23.5. The predicted octanol–water partition coefficient (Wildman–Crippen LogP) is 4.26. The number of aliphatic hydroxyl groups is 1. The molecule has 0 unspecified atom stereocenters. The fourth-order valence-electron chi connectivity index (χ4n) is 8.02. The molecule has 0 spiro atoms. The van der Waals surface area contributed by atoms with Gasteiger partial charge >= 0.3 is 0 Å². The van der Waals surface area contributed by atoms with E-state index in [1.54, 1.807) is 36.4 Å². The van der Waals surface area contributed by atoms with Crippen LogP contribution in [0.3, 0.4) is 0 Å². The number of ether oxygens (including phenoxy) is 1. The number of carbonyl (C=O) groups excluding carboxylic acids is 4. The van der Waals surface area contributed by atoms with Crippen LogP contribution in [0.15, 0.2) is 90.5 Å². The molecule has 0 aromatic heterocycles. The van der Waals surface area contributed by atoms with Gasteiger partial charge in [-0.2, -0.15) is 5.06 Å². The summed E-state index contributed by atoms with van der Waals surface area (Å²) in [4.78, 5) is 57.0. The molecule has 1 saturated carbocycles. The van der Waals surface area contributed by atoms with Gasteiger partial charge in [0.1, 0.15) is 12.4 Å². The van der Waals surface area contributed by atoms with Crippen molar-refractivity contribution in [2.45, 2.75) is 24.2 Å². The lowest BCUT2D eigenvalue weighted by Gasteiger charge is -2.50. The number of benzene rings is 3. The van der Waals surface area contributed by atoms with Gasteiger partial charge in [-0.15, -0.1) is 0 Å². The fraction of sp³-hybridized carbons (Fsp3) is 0.294. The number of halogens is 1. The van der Waals surface area contributed by atoms with Crippen molar-refractivity contribution in [3.8, 4) is 5.75 Å². The number of amides is 4. The van der Waals surface area contributed by atoms with E-state index >= 15 is 4.79 Å². The molecule has 0 bridgehead atoms. The van der Waals surface area contributed by atoms with Crippen LogP contribution in [0.25, 0.3) is 0 Å². The number of nitrogens with zero attached hydrogens (tertiary/aromatic N) is 2. The van der Waals surface area contributed by atoms with E-state index in [-0.39, 0.29) is 31.1 Å². The Morgan fingerprint density at radius 1 is 0.886 bits per heavy atom. The second-order valence-corrected chi connectivity index (χ2v) is 12.2. The smallest absolute Gasteiger partial charge is 0.257 e. The summed E-state index contributed by atoms with van der Waals surface area (Å²) in [5, 5.41) is 20.1. The maximum atomic E-state index is 15.1. The third-order valence-corrected chi connectivity index (χ3v) is 9.95. The van der Waals surface area contributed by atoms with E-state index in [2.05, 4.69) is 0 Å². The van der Waals surface area contributed by atoms with Gasteiger partial charge in [-0.1, -0.05) is 71.8 Å². The highest BCUT2D eigenvalue weighted by molar-refractivity contribution is 6.32. The number of hydrogen-bond donors (Lipinski definition) is 2. The second kappa shape index (κ2) is 10.7. The Hall–Kier alpha value is -4.31. The number of imide groups is 2. The highest BCUT2D eigenvalue weighted by Crippen LogP contribution is 2.64. The summed E-state index contributed by atoms with van der Waals surface area (Å²) in [6, 6.07) is 23.0. The topological polar surface area (TPSA) is 124 Å². The van der Waals surface area contributed by atoms with Crippen molar-refractivity contribution in [2.75, 3.05) is 18.1 Å². The van der Waals surface area contributed by atoms with Crippen molar-refractivity contribution in [1.29, 1.82) is 0 Å². The monoisotopic (exact) mass is 612 g/mol. The summed E-state index contributed by atoms with van der Waals surface area (Å²) in [7, 11) is 0. The number of aliphatic hydroxyl groups excluding tert-OH is 1. The number of carbonyl (C=O) groups is 4. The molecule has 2 aliphatic carbocycles. The highest BCUT2D eigenvalue weighted by Gasteiger charge is 2.70. The van der Waals surface area contributed by atoms with Gasteiger partial charge in [-0.25, -0.2) is 4.90 Å². The van der Waals surface area contributed by atoms with Crippen molar-refractivity contribution >= 4 is 40.9 Å². The lowest BCUT2D eigenvalue weighted by atomic mass is 9.49. The van der Waals surface area contributed by atoms with Crippen molar-refractivity contribution in [2.24, 2.45) is 23.7 Å². The zero-order valence-corrected chi connectivity index (χ0v) is 24.3. The van der Waals surface area contributed by atoms with Crippen molar-refractivity contribution in [1.82, 2.24) is 5.06 Å². The molecular formula is C34H29ClN2O7. The second-order valence-electron chi connectivity index (χ2n) is 11.7. The van der Waals surface area contributed by atoms with Gasteiger partial charge in [0.2, 0.25) is 11.8 Å². The molecule has 2 aliphatic heterocycles. The Bertz CT molecular complexity index is 1710. The van der Waals surface area contributed by atoms with Crippen molar-refractivity contribution < 1.29 is 34.2 Å². The SMILES string of the molecule is O=C1[C@H]2[C@H](CC=C3[C@H]2C[C@H]2C(=O)N(c4cccc(Cl)c4)C(=O)[C@@]2(c2ccccc2)[C@H]3c2ccc(OCCO)cc2)C(=O)N1O. The van der Waals surface area contributed by atoms with Crippen LogP contribution in [0.4, 0.5) is 5.69 Å². The molecule has 2 N–H and O–H groups in total.